The van der Waals surface area contributed by atoms with Gasteiger partial charge in [-0.2, -0.15) is 9.50 Å². The fraction of sp³-hybridized carbons (Fsp3) is 0.571. The van der Waals surface area contributed by atoms with Crippen LogP contribution in [0.25, 0.3) is 5.78 Å². The molecular formula is C14H19N5O2. The highest BCUT2D eigenvalue weighted by Crippen LogP contribution is 2.22. The quantitative estimate of drug-likeness (QED) is 0.929. The van der Waals surface area contributed by atoms with Crippen LogP contribution in [-0.2, 0) is 0 Å². The zero-order valence-corrected chi connectivity index (χ0v) is 12.3. The van der Waals surface area contributed by atoms with E-state index >= 15 is 0 Å². The van der Waals surface area contributed by atoms with Crippen molar-refractivity contribution in [1.82, 2.24) is 19.6 Å². The molecule has 7 nitrogen and oxygen atoms in total. The van der Waals surface area contributed by atoms with Crippen LogP contribution in [-0.4, -0.2) is 43.7 Å². The number of rotatable bonds is 3. The number of carbonyl (C=O) groups is 1. The minimum atomic E-state index is -1.04. The number of hydrogen-bond donors (Lipinski definition) is 1. The van der Waals surface area contributed by atoms with Crippen LogP contribution in [0.15, 0.2) is 6.07 Å². The van der Waals surface area contributed by atoms with Crippen LogP contribution in [0, 0.1) is 0 Å². The lowest BCUT2D eigenvalue weighted by Crippen LogP contribution is -2.31. The van der Waals surface area contributed by atoms with Gasteiger partial charge in [-0.1, -0.05) is 13.8 Å². The first-order valence-electron chi connectivity index (χ1n) is 7.32. The van der Waals surface area contributed by atoms with Gasteiger partial charge in [-0.05, 0) is 19.3 Å². The van der Waals surface area contributed by atoms with E-state index in [0.717, 1.165) is 31.7 Å². The zero-order chi connectivity index (χ0) is 15.0. The summed E-state index contributed by atoms with van der Waals surface area (Å²) in [5.41, 5.74) is 0.0192. The number of anilines is 1. The SMILES string of the molecule is CC(C)c1nc2nc(C(=O)O)cc(N3CCCCC3)n2n1. The van der Waals surface area contributed by atoms with E-state index in [1.807, 2.05) is 13.8 Å². The molecule has 0 aliphatic carbocycles. The Balaban J connectivity index is 2.16. The standard InChI is InChI=1S/C14H19N5O2/c1-9(2)12-16-14-15-10(13(20)21)8-11(19(14)17-12)18-6-4-3-5-7-18/h8-9H,3-7H2,1-2H3,(H,20,21). The van der Waals surface area contributed by atoms with Crippen LogP contribution in [0.1, 0.15) is 55.3 Å². The minimum Gasteiger partial charge on any atom is -0.477 e. The summed E-state index contributed by atoms with van der Waals surface area (Å²) in [6, 6.07) is 1.60. The lowest BCUT2D eigenvalue weighted by molar-refractivity contribution is 0.0690. The summed E-state index contributed by atoms with van der Waals surface area (Å²) in [7, 11) is 0. The molecule has 0 spiro atoms. The Morgan fingerprint density at radius 1 is 1.24 bits per heavy atom. The van der Waals surface area contributed by atoms with Gasteiger partial charge in [-0.3, -0.25) is 0 Å². The molecular weight excluding hydrogens is 270 g/mol. The van der Waals surface area contributed by atoms with E-state index in [1.54, 1.807) is 10.6 Å². The number of piperidine rings is 1. The molecule has 0 amide bonds. The van der Waals surface area contributed by atoms with Crippen LogP contribution >= 0.6 is 0 Å². The van der Waals surface area contributed by atoms with Crippen LogP contribution in [0.3, 0.4) is 0 Å². The predicted molar refractivity (Wildman–Crippen MR) is 77.9 cm³/mol. The lowest BCUT2D eigenvalue weighted by atomic mass is 10.1. The Morgan fingerprint density at radius 2 is 1.95 bits per heavy atom. The van der Waals surface area contributed by atoms with Crippen molar-refractivity contribution in [3.8, 4) is 0 Å². The number of aromatic carboxylic acids is 1. The largest absolute Gasteiger partial charge is 0.477 e. The molecule has 2 aromatic rings. The Labute approximate surface area is 122 Å². The highest BCUT2D eigenvalue weighted by Gasteiger charge is 2.20. The van der Waals surface area contributed by atoms with E-state index in [1.165, 1.54) is 6.42 Å². The second-order valence-corrected chi connectivity index (χ2v) is 5.69. The maximum Gasteiger partial charge on any atom is 0.354 e. The molecule has 2 aromatic heterocycles. The molecule has 1 aliphatic rings. The number of aromatic nitrogens is 4. The van der Waals surface area contributed by atoms with Crippen molar-refractivity contribution in [3.05, 3.63) is 17.6 Å². The van der Waals surface area contributed by atoms with Gasteiger partial charge < -0.3 is 10.0 Å². The van der Waals surface area contributed by atoms with Crippen LogP contribution in [0.4, 0.5) is 5.82 Å². The topological polar surface area (TPSA) is 83.6 Å². The molecule has 0 saturated carbocycles. The summed E-state index contributed by atoms with van der Waals surface area (Å²) in [4.78, 5) is 21.9. The summed E-state index contributed by atoms with van der Waals surface area (Å²) in [5, 5.41) is 13.7. The van der Waals surface area contributed by atoms with Gasteiger partial charge in [0.1, 0.15) is 5.82 Å². The van der Waals surface area contributed by atoms with Crippen molar-refractivity contribution in [2.45, 2.75) is 39.0 Å². The van der Waals surface area contributed by atoms with Gasteiger partial charge in [0.15, 0.2) is 11.5 Å². The molecule has 21 heavy (non-hydrogen) atoms. The molecule has 1 saturated heterocycles. The minimum absolute atomic E-state index is 0.0192. The van der Waals surface area contributed by atoms with Gasteiger partial charge >= 0.3 is 5.97 Å². The predicted octanol–water partition coefficient (Wildman–Crippen LogP) is 1.94. The Hall–Kier alpha value is -2.18. The van der Waals surface area contributed by atoms with Crippen LogP contribution < -0.4 is 4.90 Å². The first-order chi connectivity index (χ1) is 10.1. The fourth-order valence-electron chi connectivity index (χ4n) is 2.57. The van der Waals surface area contributed by atoms with E-state index in [9.17, 15) is 9.90 Å². The molecule has 1 fully saturated rings. The molecule has 1 aliphatic heterocycles. The second kappa shape index (κ2) is 5.31. The zero-order valence-electron chi connectivity index (χ0n) is 12.3. The number of nitrogens with zero attached hydrogens (tertiary/aromatic N) is 5. The van der Waals surface area contributed by atoms with Gasteiger partial charge in [-0.15, -0.1) is 5.10 Å². The average molecular weight is 289 g/mol. The third kappa shape index (κ3) is 2.55. The van der Waals surface area contributed by atoms with Crippen molar-refractivity contribution >= 4 is 17.6 Å². The Morgan fingerprint density at radius 3 is 2.57 bits per heavy atom. The molecule has 0 unspecified atom stereocenters. The lowest BCUT2D eigenvalue weighted by Gasteiger charge is -2.28. The molecule has 1 N–H and O–H groups in total. The number of hydrogen-bond acceptors (Lipinski definition) is 5. The highest BCUT2D eigenvalue weighted by molar-refractivity contribution is 5.87. The maximum absolute atomic E-state index is 11.3. The summed E-state index contributed by atoms with van der Waals surface area (Å²) in [6.45, 7) is 5.84. The molecule has 0 atom stereocenters. The van der Waals surface area contributed by atoms with Crippen molar-refractivity contribution in [3.63, 3.8) is 0 Å². The molecule has 112 valence electrons. The van der Waals surface area contributed by atoms with Gasteiger partial charge in [-0.25, -0.2) is 9.78 Å². The summed E-state index contributed by atoms with van der Waals surface area (Å²) < 4.78 is 1.67. The smallest absolute Gasteiger partial charge is 0.354 e. The number of fused-ring (bicyclic) bond motifs is 1. The Bertz CT molecular complexity index is 673. The molecule has 3 heterocycles. The summed E-state index contributed by atoms with van der Waals surface area (Å²) >= 11 is 0. The molecule has 0 radical (unpaired) electrons. The highest BCUT2D eigenvalue weighted by atomic mass is 16.4. The first-order valence-corrected chi connectivity index (χ1v) is 7.32. The summed E-state index contributed by atoms with van der Waals surface area (Å²) in [5.74, 6) is 0.956. The van der Waals surface area contributed by atoms with Gasteiger partial charge in [0.25, 0.3) is 5.78 Å². The number of carboxylic acids is 1. The van der Waals surface area contributed by atoms with E-state index < -0.39 is 5.97 Å². The van der Waals surface area contributed by atoms with Crippen LogP contribution in [0.5, 0.6) is 0 Å². The van der Waals surface area contributed by atoms with E-state index in [0.29, 0.717) is 11.6 Å². The van der Waals surface area contributed by atoms with Crippen molar-refractivity contribution in [1.29, 1.82) is 0 Å². The normalized spacial score (nSPS) is 15.9. The first kappa shape index (κ1) is 13.8. The fourth-order valence-corrected chi connectivity index (χ4v) is 2.57. The molecule has 0 aromatic carbocycles. The second-order valence-electron chi connectivity index (χ2n) is 5.69. The Kier molecular flexibility index (Phi) is 3.48. The van der Waals surface area contributed by atoms with E-state index in [4.69, 9.17) is 0 Å². The van der Waals surface area contributed by atoms with E-state index in [-0.39, 0.29) is 11.6 Å². The van der Waals surface area contributed by atoms with E-state index in [2.05, 4.69) is 20.0 Å². The maximum atomic E-state index is 11.3. The monoisotopic (exact) mass is 289 g/mol. The molecule has 3 rings (SSSR count). The third-order valence-electron chi connectivity index (χ3n) is 3.73. The molecule has 7 heteroatoms. The van der Waals surface area contributed by atoms with Gasteiger partial charge in [0.2, 0.25) is 0 Å². The summed E-state index contributed by atoms with van der Waals surface area (Å²) in [6.07, 6.45) is 3.43. The van der Waals surface area contributed by atoms with Crippen molar-refractivity contribution in [2.24, 2.45) is 0 Å². The molecule has 0 bridgehead atoms. The third-order valence-corrected chi connectivity index (χ3v) is 3.73. The average Bonchev–Trinajstić information content (AvgIpc) is 2.91. The number of carboxylic acid groups (broad SMARTS) is 1. The van der Waals surface area contributed by atoms with Crippen molar-refractivity contribution in [2.75, 3.05) is 18.0 Å². The van der Waals surface area contributed by atoms with Crippen molar-refractivity contribution < 1.29 is 9.90 Å². The van der Waals surface area contributed by atoms with Crippen LogP contribution in [0.2, 0.25) is 0 Å². The van der Waals surface area contributed by atoms with Gasteiger partial charge in [0.05, 0.1) is 0 Å². The van der Waals surface area contributed by atoms with Gasteiger partial charge in [0, 0.05) is 25.1 Å².